The molecule has 0 spiro atoms. The normalized spacial score (nSPS) is 15.6. The lowest BCUT2D eigenvalue weighted by molar-refractivity contribution is -0.142. The summed E-state index contributed by atoms with van der Waals surface area (Å²) in [5.41, 5.74) is 3.40. The lowest BCUT2D eigenvalue weighted by Crippen LogP contribution is -2.56. The van der Waals surface area contributed by atoms with Gasteiger partial charge in [-0.1, -0.05) is 78.3 Å². The number of halogens is 1. The summed E-state index contributed by atoms with van der Waals surface area (Å²) in [5.74, 6) is -1.71. The van der Waals surface area contributed by atoms with Gasteiger partial charge in [0.1, 0.15) is 18.7 Å². The predicted octanol–water partition coefficient (Wildman–Crippen LogP) is 4.22. The van der Waals surface area contributed by atoms with E-state index in [9.17, 15) is 19.5 Å². The maximum Gasteiger partial charge on any atom is 0.411 e. The fraction of sp³-hybridized carbons (Fsp3) is 0.222. The molecule has 0 saturated carbocycles. The zero-order valence-electron chi connectivity index (χ0n) is 18.9. The molecule has 180 valence electrons. The SMILES string of the molecule is O=C(O)[C@@H](Cc1ccc(Cl)cc1)NC(=O)[C@@H]1Cc2ccccc2CN1C(=O)OCc1ccccc1. The number of nitrogens with zero attached hydrogens (tertiary/aromatic N) is 1. The number of carbonyl (C=O) groups is 3. The van der Waals surface area contributed by atoms with E-state index in [0.717, 1.165) is 22.3 Å². The molecule has 0 aromatic heterocycles. The van der Waals surface area contributed by atoms with E-state index < -0.39 is 30.1 Å². The van der Waals surface area contributed by atoms with E-state index in [1.807, 2.05) is 54.6 Å². The predicted molar refractivity (Wildman–Crippen MR) is 131 cm³/mol. The molecule has 2 atom stereocenters. The third-order valence-corrected chi connectivity index (χ3v) is 6.21. The van der Waals surface area contributed by atoms with E-state index in [2.05, 4.69) is 5.32 Å². The summed E-state index contributed by atoms with van der Waals surface area (Å²) in [6.07, 6.45) is -0.288. The quantitative estimate of drug-likeness (QED) is 0.515. The summed E-state index contributed by atoms with van der Waals surface area (Å²) in [6.45, 7) is 0.261. The van der Waals surface area contributed by atoms with Gasteiger partial charge >= 0.3 is 12.1 Å². The van der Waals surface area contributed by atoms with Crippen molar-refractivity contribution in [1.82, 2.24) is 10.2 Å². The van der Waals surface area contributed by atoms with Crippen molar-refractivity contribution in [2.75, 3.05) is 0 Å². The first kappa shape index (κ1) is 24.3. The molecule has 8 heteroatoms. The second kappa shape index (κ2) is 11.1. The molecule has 0 radical (unpaired) electrons. The Kier molecular flexibility index (Phi) is 7.67. The van der Waals surface area contributed by atoms with Crippen LogP contribution in [0.4, 0.5) is 4.79 Å². The van der Waals surface area contributed by atoms with Gasteiger partial charge < -0.3 is 15.2 Å². The first-order valence-corrected chi connectivity index (χ1v) is 11.6. The third kappa shape index (κ3) is 6.19. The van der Waals surface area contributed by atoms with Crippen molar-refractivity contribution in [2.24, 2.45) is 0 Å². The number of rotatable bonds is 7. The highest BCUT2D eigenvalue weighted by Gasteiger charge is 2.37. The highest BCUT2D eigenvalue weighted by atomic mass is 35.5. The standard InChI is InChI=1S/C27H25ClN2O5/c28-22-12-10-18(11-13-22)14-23(26(32)33)29-25(31)24-15-20-8-4-5-9-21(20)16-30(24)27(34)35-17-19-6-2-1-3-7-19/h1-13,23-24H,14-17H2,(H,29,31)(H,32,33)/t23-,24+/m1/s1. The molecule has 1 aliphatic heterocycles. The van der Waals surface area contributed by atoms with Crippen molar-refractivity contribution < 1.29 is 24.2 Å². The Morgan fingerprint density at radius 2 is 1.60 bits per heavy atom. The van der Waals surface area contributed by atoms with Gasteiger partial charge in [-0.05, 0) is 34.4 Å². The Morgan fingerprint density at radius 3 is 2.29 bits per heavy atom. The minimum atomic E-state index is -1.16. The van der Waals surface area contributed by atoms with Gasteiger partial charge in [-0.2, -0.15) is 0 Å². The molecule has 0 bridgehead atoms. The van der Waals surface area contributed by atoms with Crippen molar-refractivity contribution in [2.45, 2.75) is 38.1 Å². The Morgan fingerprint density at radius 1 is 0.943 bits per heavy atom. The van der Waals surface area contributed by atoms with Crippen LogP contribution in [0.1, 0.15) is 22.3 Å². The van der Waals surface area contributed by atoms with Gasteiger partial charge in [-0.15, -0.1) is 0 Å². The van der Waals surface area contributed by atoms with Crippen LogP contribution in [-0.2, 0) is 40.3 Å². The molecule has 35 heavy (non-hydrogen) atoms. The van der Waals surface area contributed by atoms with E-state index in [1.54, 1.807) is 24.3 Å². The van der Waals surface area contributed by atoms with E-state index in [1.165, 1.54) is 4.90 Å². The number of ether oxygens (including phenoxy) is 1. The summed E-state index contributed by atoms with van der Waals surface area (Å²) in [7, 11) is 0. The fourth-order valence-electron chi connectivity index (χ4n) is 4.08. The fourth-order valence-corrected chi connectivity index (χ4v) is 4.20. The van der Waals surface area contributed by atoms with Gasteiger partial charge in [0.15, 0.2) is 0 Å². The van der Waals surface area contributed by atoms with Gasteiger partial charge in [0.2, 0.25) is 5.91 Å². The van der Waals surface area contributed by atoms with Crippen LogP contribution in [0.5, 0.6) is 0 Å². The first-order chi connectivity index (χ1) is 16.9. The molecule has 2 amide bonds. The smallest absolute Gasteiger partial charge is 0.411 e. The molecule has 1 heterocycles. The average molecular weight is 493 g/mol. The molecular weight excluding hydrogens is 468 g/mol. The summed E-state index contributed by atoms with van der Waals surface area (Å²) < 4.78 is 5.50. The average Bonchev–Trinajstić information content (AvgIpc) is 2.87. The Hall–Kier alpha value is -3.84. The molecule has 4 rings (SSSR count). The Balaban J connectivity index is 1.51. The molecule has 3 aromatic carbocycles. The molecule has 0 aliphatic carbocycles. The first-order valence-electron chi connectivity index (χ1n) is 11.2. The molecule has 3 aromatic rings. The van der Waals surface area contributed by atoms with Crippen molar-refractivity contribution in [1.29, 1.82) is 0 Å². The minimum absolute atomic E-state index is 0.0699. The number of hydrogen-bond donors (Lipinski definition) is 2. The lowest BCUT2D eigenvalue weighted by atomic mass is 9.93. The maximum atomic E-state index is 13.3. The van der Waals surface area contributed by atoms with Crippen LogP contribution < -0.4 is 5.32 Å². The van der Waals surface area contributed by atoms with Crippen LogP contribution in [0, 0.1) is 0 Å². The van der Waals surface area contributed by atoms with Gasteiger partial charge in [0, 0.05) is 17.9 Å². The minimum Gasteiger partial charge on any atom is -0.480 e. The topological polar surface area (TPSA) is 95.9 Å². The van der Waals surface area contributed by atoms with Crippen LogP contribution in [0.25, 0.3) is 0 Å². The largest absolute Gasteiger partial charge is 0.480 e. The molecule has 0 fully saturated rings. The number of hydrogen-bond acceptors (Lipinski definition) is 4. The van der Waals surface area contributed by atoms with Gasteiger partial charge in [0.05, 0.1) is 6.54 Å². The van der Waals surface area contributed by atoms with Crippen molar-refractivity contribution in [3.63, 3.8) is 0 Å². The maximum absolute atomic E-state index is 13.3. The summed E-state index contributed by atoms with van der Waals surface area (Å²) in [6, 6.07) is 21.5. The molecule has 2 N–H and O–H groups in total. The number of carboxylic acid groups (broad SMARTS) is 1. The summed E-state index contributed by atoms with van der Waals surface area (Å²) in [5, 5.41) is 12.9. The third-order valence-electron chi connectivity index (χ3n) is 5.96. The van der Waals surface area contributed by atoms with E-state index >= 15 is 0 Å². The summed E-state index contributed by atoms with van der Waals surface area (Å²) >= 11 is 5.91. The Bertz CT molecular complexity index is 1200. The number of amides is 2. The van der Waals surface area contributed by atoms with Gasteiger partial charge in [-0.25, -0.2) is 9.59 Å². The number of fused-ring (bicyclic) bond motifs is 1. The molecular formula is C27H25ClN2O5. The van der Waals surface area contributed by atoms with Crippen LogP contribution in [0.2, 0.25) is 5.02 Å². The second-order valence-corrected chi connectivity index (χ2v) is 8.82. The zero-order chi connectivity index (χ0) is 24.8. The number of carboxylic acids is 1. The number of nitrogens with one attached hydrogen (secondary N) is 1. The monoisotopic (exact) mass is 492 g/mol. The Labute approximate surface area is 208 Å². The van der Waals surface area contributed by atoms with Crippen LogP contribution in [0.3, 0.4) is 0 Å². The number of aliphatic carboxylic acids is 1. The molecule has 0 saturated heterocycles. The highest BCUT2D eigenvalue weighted by Crippen LogP contribution is 2.25. The summed E-state index contributed by atoms with van der Waals surface area (Å²) in [4.78, 5) is 39.6. The van der Waals surface area contributed by atoms with Crippen LogP contribution in [0.15, 0.2) is 78.9 Å². The zero-order valence-corrected chi connectivity index (χ0v) is 19.6. The van der Waals surface area contributed by atoms with Gasteiger partial charge in [-0.3, -0.25) is 9.69 Å². The number of carbonyl (C=O) groups excluding carboxylic acids is 2. The van der Waals surface area contributed by atoms with Crippen molar-refractivity contribution >= 4 is 29.6 Å². The van der Waals surface area contributed by atoms with E-state index in [0.29, 0.717) is 5.02 Å². The molecule has 7 nitrogen and oxygen atoms in total. The van der Waals surface area contributed by atoms with Gasteiger partial charge in [0.25, 0.3) is 0 Å². The molecule has 0 unspecified atom stereocenters. The number of benzene rings is 3. The highest BCUT2D eigenvalue weighted by molar-refractivity contribution is 6.30. The molecule has 1 aliphatic rings. The lowest BCUT2D eigenvalue weighted by Gasteiger charge is -2.35. The van der Waals surface area contributed by atoms with E-state index in [4.69, 9.17) is 16.3 Å². The van der Waals surface area contributed by atoms with Crippen molar-refractivity contribution in [3.8, 4) is 0 Å². The van der Waals surface area contributed by atoms with Crippen molar-refractivity contribution in [3.05, 3.63) is 106 Å². The van der Waals surface area contributed by atoms with Crippen LogP contribution in [-0.4, -0.2) is 40.1 Å². The second-order valence-electron chi connectivity index (χ2n) is 8.39. The van der Waals surface area contributed by atoms with E-state index in [-0.39, 0.29) is 26.0 Å². The van der Waals surface area contributed by atoms with Crippen LogP contribution >= 0.6 is 11.6 Å².